The molecule has 2 heteroatoms. The van der Waals surface area contributed by atoms with Crippen molar-refractivity contribution in [1.82, 2.24) is 5.32 Å². The maximum Gasteiger partial charge on any atom is 0.0456 e. The Morgan fingerprint density at radius 2 is 1.70 bits per heavy atom. The first-order valence-corrected chi connectivity index (χ1v) is 7.58. The van der Waals surface area contributed by atoms with E-state index in [-0.39, 0.29) is 0 Å². The van der Waals surface area contributed by atoms with Gasteiger partial charge >= 0.3 is 0 Å². The fourth-order valence-corrected chi connectivity index (χ4v) is 3.05. The average molecular weight is 264 g/mol. The summed E-state index contributed by atoms with van der Waals surface area (Å²) in [7, 11) is 0. The van der Waals surface area contributed by atoms with Gasteiger partial charge in [0.2, 0.25) is 0 Å². The molecule has 1 N–H and O–H groups in total. The van der Waals surface area contributed by atoms with Crippen LogP contribution in [0.1, 0.15) is 24.0 Å². The minimum atomic E-state index is 0.758. The van der Waals surface area contributed by atoms with Crippen molar-refractivity contribution in [2.24, 2.45) is 0 Å². The molecule has 1 aliphatic carbocycles. The molecule has 1 aliphatic heterocycles. The van der Waals surface area contributed by atoms with Crippen molar-refractivity contribution >= 4 is 11.4 Å². The van der Waals surface area contributed by atoms with Crippen molar-refractivity contribution in [3.05, 3.63) is 59.7 Å². The monoisotopic (exact) mass is 264 g/mol. The number of hydrogen-bond acceptors (Lipinski definition) is 2. The maximum atomic E-state index is 3.63. The predicted molar refractivity (Wildman–Crippen MR) is 83.5 cm³/mol. The molecule has 2 aromatic carbocycles. The lowest BCUT2D eigenvalue weighted by Gasteiger charge is -2.23. The van der Waals surface area contributed by atoms with Gasteiger partial charge in [0.05, 0.1) is 0 Å². The van der Waals surface area contributed by atoms with Gasteiger partial charge in [0.1, 0.15) is 0 Å². The first kappa shape index (κ1) is 12.0. The summed E-state index contributed by atoms with van der Waals surface area (Å²) in [5, 5.41) is 3.63. The second kappa shape index (κ2) is 4.95. The highest BCUT2D eigenvalue weighted by atomic mass is 15.2. The average Bonchev–Trinajstić information content (AvgIpc) is 3.23. The van der Waals surface area contributed by atoms with Gasteiger partial charge in [-0.15, -0.1) is 0 Å². The zero-order valence-corrected chi connectivity index (χ0v) is 11.7. The highest BCUT2D eigenvalue weighted by Crippen LogP contribution is 2.36. The van der Waals surface area contributed by atoms with Crippen LogP contribution in [0, 0.1) is 0 Å². The Morgan fingerprint density at radius 1 is 0.950 bits per heavy atom. The number of rotatable bonds is 4. The number of hydrogen-bond donors (Lipinski definition) is 1. The van der Waals surface area contributed by atoms with Gasteiger partial charge in [-0.2, -0.15) is 0 Å². The van der Waals surface area contributed by atoms with Crippen molar-refractivity contribution in [3.8, 4) is 0 Å². The van der Waals surface area contributed by atoms with Gasteiger partial charge in [0.15, 0.2) is 0 Å². The van der Waals surface area contributed by atoms with Gasteiger partial charge in [-0.1, -0.05) is 36.4 Å². The number of para-hydroxylation sites is 2. The van der Waals surface area contributed by atoms with Crippen molar-refractivity contribution in [3.63, 3.8) is 0 Å². The molecule has 0 radical (unpaired) electrons. The second-order valence-corrected chi connectivity index (χ2v) is 5.81. The number of benzene rings is 2. The lowest BCUT2D eigenvalue weighted by molar-refractivity contribution is 0.687. The van der Waals surface area contributed by atoms with E-state index in [0.29, 0.717) is 0 Å². The van der Waals surface area contributed by atoms with Crippen molar-refractivity contribution in [2.75, 3.05) is 11.4 Å². The molecular weight excluding hydrogens is 244 g/mol. The molecule has 2 nitrogen and oxygen atoms in total. The van der Waals surface area contributed by atoms with Gasteiger partial charge in [-0.3, -0.25) is 0 Å². The third-order valence-electron chi connectivity index (χ3n) is 4.33. The van der Waals surface area contributed by atoms with Crippen molar-refractivity contribution in [2.45, 2.75) is 31.8 Å². The summed E-state index contributed by atoms with van der Waals surface area (Å²) < 4.78 is 0. The molecule has 0 spiro atoms. The van der Waals surface area contributed by atoms with Gasteiger partial charge in [0, 0.05) is 30.5 Å². The summed E-state index contributed by atoms with van der Waals surface area (Å²) in [6, 6.07) is 18.3. The van der Waals surface area contributed by atoms with E-state index < -0.39 is 0 Å². The van der Waals surface area contributed by atoms with Crippen LogP contribution in [0.5, 0.6) is 0 Å². The van der Waals surface area contributed by atoms with Gasteiger partial charge < -0.3 is 10.2 Å². The van der Waals surface area contributed by atoms with Crippen LogP contribution in [0.2, 0.25) is 0 Å². The Labute approximate surface area is 120 Å². The topological polar surface area (TPSA) is 15.3 Å². The minimum Gasteiger partial charge on any atom is -0.341 e. The molecular formula is C18H20N2. The van der Waals surface area contributed by atoms with Crippen LogP contribution >= 0.6 is 0 Å². The molecule has 0 atom stereocenters. The minimum absolute atomic E-state index is 0.758. The Kier molecular flexibility index (Phi) is 2.96. The highest BCUT2D eigenvalue weighted by Gasteiger charge is 2.23. The third kappa shape index (κ3) is 2.20. The van der Waals surface area contributed by atoms with Gasteiger partial charge in [0.25, 0.3) is 0 Å². The van der Waals surface area contributed by atoms with Crippen LogP contribution in [-0.4, -0.2) is 12.6 Å². The number of fused-ring (bicyclic) bond motifs is 1. The number of anilines is 2. The van der Waals surface area contributed by atoms with Crippen LogP contribution < -0.4 is 10.2 Å². The van der Waals surface area contributed by atoms with E-state index in [4.69, 9.17) is 0 Å². The van der Waals surface area contributed by atoms with Crippen LogP contribution in [0.4, 0.5) is 11.4 Å². The fraction of sp³-hybridized carbons (Fsp3) is 0.333. The van der Waals surface area contributed by atoms with Gasteiger partial charge in [-0.05, 0) is 42.5 Å². The van der Waals surface area contributed by atoms with Crippen LogP contribution in [0.15, 0.2) is 48.5 Å². The predicted octanol–water partition coefficient (Wildman–Crippen LogP) is 3.63. The fourth-order valence-electron chi connectivity index (χ4n) is 3.05. The highest BCUT2D eigenvalue weighted by molar-refractivity contribution is 5.71. The molecule has 0 unspecified atom stereocenters. The van der Waals surface area contributed by atoms with E-state index in [1.54, 1.807) is 0 Å². The van der Waals surface area contributed by atoms with E-state index >= 15 is 0 Å². The summed E-state index contributed by atoms with van der Waals surface area (Å²) in [6.45, 7) is 2.08. The van der Waals surface area contributed by atoms with Crippen molar-refractivity contribution in [1.29, 1.82) is 0 Å². The van der Waals surface area contributed by atoms with E-state index in [0.717, 1.165) is 25.6 Å². The van der Waals surface area contributed by atoms with Crippen molar-refractivity contribution < 1.29 is 0 Å². The molecule has 2 aromatic rings. The SMILES string of the molecule is c1ccc2c(c1)CCN2c1ccccc1CNC1CC1. The Balaban J connectivity index is 1.65. The van der Waals surface area contributed by atoms with E-state index in [9.17, 15) is 0 Å². The molecule has 4 rings (SSSR count). The molecule has 1 heterocycles. The largest absolute Gasteiger partial charge is 0.341 e. The first-order chi connectivity index (χ1) is 9.92. The molecule has 0 amide bonds. The molecule has 0 aromatic heterocycles. The van der Waals surface area contributed by atoms with Crippen LogP contribution in [0.25, 0.3) is 0 Å². The molecule has 102 valence electrons. The summed E-state index contributed by atoms with van der Waals surface area (Å²) in [4.78, 5) is 2.47. The van der Waals surface area contributed by atoms with E-state index in [1.165, 1.54) is 35.3 Å². The summed E-state index contributed by atoms with van der Waals surface area (Å²) in [5.41, 5.74) is 5.63. The Hall–Kier alpha value is -1.80. The zero-order valence-electron chi connectivity index (χ0n) is 11.7. The third-order valence-corrected chi connectivity index (χ3v) is 4.33. The normalized spacial score (nSPS) is 17.3. The number of nitrogens with one attached hydrogen (secondary N) is 1. The van der Waals surface area contributed by atoms with E-state index in [1.807, 2.05) is 0 Å². The Morgan fingerprint density at radius 3 is 2.55 bits per heavy atom. The van der Waals surface area contributed by atoms with Crippen LogP contribution in [0.3, 0.4) is 0 Å². The standard InChI is InChI=1S/C18H20N2/c1-3-7-17-14(5-1)11-12-20(17)18-8-4-2-6-15(18)13-19-16-9-10-16/h1-8,16,19H,9-13H2. The lowest BCUT2D eigenvalue weighted by Crippen LogP contribution is -2.20. The maximum absolute atomic E-state index is 3.63. The Bertz CT molecular complexity index is 616. The smallest absolute Gasteiger partial charge is 0.0456 e. The summed E-state index contributed by atoms with van der Waals surface area (Å²) in [5.74, 6) is 0. The molecule has 1 saturated carbocycles. The zero-order chi connectivity index (χ0) is 13.4. The molecule has 0 bridgehead atoms. The van der Waals surface area contributed by atoms with Crippen LogP contribution in [-0.2, 0) is 13.0 Å². The second-order valence-electron chi connectivity index (χ2n) is 5.81. The molecule has 2 aliphatic rings. The van der Waals surface area contributed by atoms with Gasteiger partial charge in [-0.25, -0.2) is 0 Å². The summed E-state index contributed by atoms with van der Waals surface area (Å²) >= 11 is 0. The molecule has 0 saturated heterocycles. The molecule has 1 fully saturated rings. The quantitative estimate of drug-likeness (QED) is 0.907. The first-order valence-electron chi connectivity index (χ1n) is 7.58. The lowest BCUT2D eigenvalue weighted by atomic mass is 10.1. The summed E-state index contributed by atoms with van der Waals surface area (Å²) in [6.07, 6.45) is 3.84. The number of nitrogens with zero attached hydrogens (tertiary/aromatic N) is 1. The molecule has 20 heavy (non-hydrogen) atoms. The van der Waals surface area contributed by atoms with E-state index in [2.05, 4.69) is 58.7 Å².